The number of benzene rings is 1. The molecule has 8 heteroatoms. The first-order valence-corrected chi connectivity index (χ1v) is 12.1. The Labute approximate surface area is 173 Å². The lowest BCUT2D eigenvalue weighted by Crippen LogP contribution is -2.50. The van der Waals surface area contributed by atoms with E-state index < -0.39 is 15.4 Å². The summed E-state index contributed by atoms with van der Waals surface area (Å²) in [5.74, 6) is 0.658. The molecule has 0 spiro atoms. The van der Waals surface area contributed by atoms with Crippen molar-refractivity contribution in [2.75, 3.05) is 32.0 Å². The van der Waals surface area contributed by atoms with Gasteiger partial charge in [0.05, 0.1) is 18.1 Å². The minimum absolute atomic E-state index is 0.158. The minimum atomic E-state index is -3.62. The van der Waals surface area contributed by atoms with Crippen molar-refractivity contribution in [1.29, 1.82) is 0 Å². The van der Waals surface area contributed by atoms with Crippen LogP contribution < -0.4 is 10.5 Å². The van der Waals surface area contributed by atoms with Crippen LogP contribution in [-0.2, 0) is 19.6 Å². The highest BCUT2D eigenvalue weighted by Crippen LogP contribution is 2.43. The standard InChI is InChI=1S/C21H31N3O4S/c1-21(20(25)24-10-12-28-13-11-24)8-6-16(7-9-21)23-29(26,27)17-4-5-18(15-2-3-15)19(22)14-17/h4-5,14-16,23H,2-3,6-13,22H2,1H3. The predicted octanol–water partition coefficient (Wildman–Crippen LogP) is 2.23. The molecule has 1 aromatic rings. The highest BCUT2D eigenvalue weighted by molar-refractivity contribution is 7.89. The number of nitrogen functional groups attached to an aromatic ring is 1. The molecule has 0 unspecified atom stereocenters. The highest BCUT2D eigenvalue weighted by atomic mass is 32.2. The number of hydrogen-bond donors (Lipinski definition) is 2. The van der Waals surface area contributed by atoms with Gasteiger partial charge in [-0.05, 0) is 62.1 Å². The Bertz CT molecular complexity index is 868. The second-order valence-electron chi connectivity index (χ2n) is 8.93. The van der Waals surface area contributed by atoms with Gasteiger partial charge in [-0.1, -0.05) is 13.0 Å². The van der Waals surface area contributed by atoms with Crippen LogP contribution in [0.4, 0.5) is 5.69 Å². The van der Waals surface area contributed by atoms with E-state index in [0.29, 0.717) is 63.6 Å². The van der Waals surface area contributed by atoms with Gasteiger partial charge in [0.25, 0.3) is 0 Å². The zero-order valence-electron chi connectivity index (χ0n) is 17.0. The molecule has 1 saturated heterocycles. The van der Waals surface area contributed by atoms with Gasteiger partial charge in [0, 0.05) is 30.2 Å². The van der Waals surface area contributed by atoms with E-state index in [1.807, 2.05) is 17.9 Å². The number of hydrogen-bond acceptors (Lipinski definition) is 5. The van der Waals surface area contributed by atoms with Crippen LogP contribution in [0.15, 0.2) is 23.1 Å². The van der Waals surface area contributed by atoms with E-state index in [2.05, 4.69) is 4.72 Å². The quantitative estimate of drug-likeness (QED) is 0.710. The Morgan fingerprint density at radius 2 is 1.83 bits per heavy atom. The Morgan fingerprint density at radius 1 is 1.17 bits per heavy atom. The Hall–Kier alpha value is -1.64. The number of anilines is 1. The lowest BCUT2D eigenvalue weighted by molar-refractivity contribution is -0.147. The van der Waals surface area contributed by atoms with Crippen LogP contribution in [-0.4, -0.2) is 51.6 Å². The fourth-order valence-corrected chi connectivity index (χ4v) is 5.85. The van der Waals surface area contributed by atoms with Gasteiger partial charge in [-0.25, -0.2) is 13.1 Å². The van der Waals surface area contributed by atoms with Crippen LogP contribution in [0.1, 0.15) is 56.9 Å². The van der Waals surface area contributed by atoms with Gasteiger partial charge in [0.2, 0.25) is 15.9 Å². The third-order valence-corrected chi connectivity index (χ3v) is 8.13. The molecular formula is C21H31N3O4S. The smallest absolute Gasteiger partial charge is 0.240 e. The van der Waals surface area contributed by atoms with Gasteiger partial charge in [-0.15, -0.1) is 0 Å². The van der Waals surface area contributed by atoms with Crippen LogP contribution in [0.5, 0.6) is 0 Å². The first-order chi connectivity index (χ1) is 13.8. The van der Waals surface area contributed by atoms with Gasteiger partial charge in [0.15, 0.2) is 0 Å². The molecule has 0 aromatic heterocycles. The fourth-order valence-electron chi connectivity index (χ4n) is 4.51. The van der Waals surface area contributed by atoms with Crippen molar-refractivity contribution in [3.05, 3.63) is 23.8 Å². The van der Waals surface area contributed by atoms with Crippen molar-refractivity contribution >= 4 is 21.6 Å². The number of carbonyl (C=O) groups is 1. The van der Waals surface area contributed by atoms with Crippen molar-refractivity contribution in [3.63, 3.8) is 0 Å². The molecule has 0 atom stereocenters. The van der Waals surface area contributed by atoms with Gasteiger partial charge in [-0.3, -0.25) is 4.79 Å². The molecule has 4 rings (SSSR count). The lowest BCUT2D eigenvalue weighted by atomic mass is 9.73. The third kappa shape index (κ3) is 4.44. The second-order valence-corrected chi connectivity index (χ2v) is 10.6. The summed E-state index contributed by atoms with van der Waals surface area (Å²) in [4.78, 5) is 15.0. The maximum atomic E-state index is 12.9. The summed E-state index contributed by atoms with van der Waals surface area (Å²) >= 11 is 0. The molecule has 3 aliphatic rings. The average molecular weight is 422 g/mol. The van der Waals surface area contributed by atoms with E-state index in [-0.39, 0.29) is 16.8 Å². The van der Waals surface area contributed by atoms with E-state index in [1.165, 1.54) is 0 Å². The van der Waals surface area contributed by atoms with Crippen LogP contribution in [0.2, 0.25) is 0 Å². The highest BCUT2D eigenvalue weighted by Gasteiger charge is 2.41. The van der Waals surface area contributed by atoms with E-state index in [0.717, 1.165) is 18.4 Å². The molecular weight excluding hydrogens is 390 g/mol. The normalized spacial score (nSPS) is 28.3. The van der Waals surface area contributed by atoms with Crippen molar-refractivity contribution in [2.45, 2.75) is 62.3 Å². The number of morpholine rings is 1. The second kappa shape index (κ2) is 7.89. The van der Waals surface area contributed by atoms with Crippen molar-refractivity contribution in [3.8, 4) is 0 Å². The number of ether oxygens (including phenoxy) is 1. The number of sulfonamides is 1. The minimum Gasteiger partial charge on any atom is -0.398 e. The lowest BCUT2D eigenvalue weighted by Gasteiger charge is -2.40. The number of amides is 1. The predicted molar refractivity (Wildman–Crippen MR) is 111 cm³/mol. The van der Waals surface area contributed by atoms with E-state index in [1.54, 1.807) is 12.1 Å². The summed E-state index contributed by atoms with van der Waals surface area (Å²) in [5, 5.41) is 0. The molecule has 0 bridgehead atoms. The number of nitrogens with two attached hydrogens (primary N) is 1. The zero-order chi connectivity index (χ0) is 20.6. The molecule has 2 aliphatic carbocycles. The summed E-state index contributed by atoms with van der Waals surface area (Å²) in [7, 11) is -3.62. The van der Waals surface area contributed by atoms with E-state index >= 15 is 0 Å². The van der Waals surface area contributed by atoms with Gasteiger partial charge >= 0.3 is 0 Å². The molecule has 3 N–H and O–H groups in total. The molecule has 1 heterocycles. The Morgan fingerprint density at radius 3 is 2.41 bits per heavy atom. The molecule has 0 radical (unpaired) electrons. The van der Waals surface area contributed by atoms with Crippen molar-refractivity contribution in [2.24, 2.45) is 5.41 Å². The third-order valence-electron chi connectivity index (χ3n) is 6.61. The molecule has 3 fully saturated rings. The summed E-state index contributed by atoms with van der Waals surface area (Å²) in [5.41, 5.74) is 7.28. The SMILES string of the molecule is CC1(C(=O)N2CCOCC2)CCC(NS(=O)(=O)c2ccc(C3CC3)c(N)c2)CC1. The van der Waals surface area contributed by atoms with Crippen LogP contribution in [0.25, 0.3) is 0 Å². The van der Waals surface area contributed by atoms with E-state index in [9.17, 15) is 13.2 Å². The molecule has 29 heavy (non-hydrogen) atoms. The topological polar surface area (TPSA) is 102 Å². The average Bonchev–Trinajstić information content (AvgIpc) is 3.55. The maximum absolute atomic E-state index is 12.9. The monoisotopic (exact) mass is 421 g/mol. The van der Waals surface area contributed by atoms with Gasteiger partial charge in [0.1, 0.15) is 0 Å². The van der Waals surface area contributed by atoms with Crippen molar-refractivity contribution < 1.29 is 17.9 Å². The van der Waals surface area contributed by atoms with Crippen molar-refractivity contribution in [1.82, 2.24) is 9.62 Å². The first-order valence-electron chi connectivity index (χ1n) is 10.6. The Balaban J connectivity index is 1.37. The zero-order valence-corrected chi connectivity index (χ0v) is 17.8. The molecule has 160 valence electrons. The summed E-state index contributed by atoms with van der Waals surface area (Å²) in [6, 6.07) is 4.92. The molecule has 2 saturated carbocycles. The number of nitrogens with zero attached hydrogens (tertiary/aromatic N) is 1. The molecule has 1 amide bonds. The molecule has 1 aromatic carbocycles. The molecule has 7 nitrogen and oxygen atoms in total. The van der Waals surface area contributed by atoms with Crippen LogP contribution in [0.3, 0.4) is 0 Å². The fraction of sp³-hybridized carbons (Fsp3) is 0.667. The maximum Gasteiger partial charge on any atom is 0.240 e. The number of rotatable bonds is 5. The number of carbonyl (C=O) groups excluding carboxylic acids is 1. The largest absolute Gasteiger partial charge is 0.398 e. The summed E-state index contributed by atoms with van der Waals surface area (Å²) in [6.07, 6.45) is 4.91. The van der Waals surface area contributed by atoms with Gasteiger partial charge in [-0.2, -0.15) is 0 Å². The Kier molecular flexibility index (Phi) is 5.61. The molecule has 1 aliphatic heterocycles. The number of nitrogens with one attached hydrogen (secondary N) is 1. The van der Waals surface area contributed by atoms with Gasteiger partial charge < -0.3 is 15.4 Å². The van der Waals surface area contributed by atoms with E-state index in [4.69, 9.17) is 10.5 Å². The van der Waals surface area contributed by atoms with Crippen LogP contribution in [0, 0.1) is 5.41 Å². The first kappa shape index (κ1) is 20.6. The van der Waals surface area contributed by atoms with Crippen LogP contribution >= 0.6 is 0 Å². The summed E-state index contributed by atoms with van der Waals surface area (Å²) < 4.78 is 33.8. The summed E-state index contributed by atoms with van der Waals surface area (Å²) in [6.45, 7) is 4.47.